The number of nitrogens with two attached hydrogens (primary N) is 2. The number of nitrogen functional groups attached to an aromatic ring is 2. The third kappa shape index (κ3) is 2.76. The summed E-state index contributed by atoms with van der Waals surface area (Å²) in [7, 11) is 1.94. The zero-order valence-electron chi connectivity index (χ0n) is 12.1. The molecule has 0 unspecified atom stereocenters. The highest BCUT2D eigenvalue weighted by Crippen LogP contribution is 2.22. The molecule has 0 spiro atoms. The van der Waals surface area contributed by atoms with E-state index < -0.39 is 0 Å². The monoisotopic (exact) mass is 297 g/mol. The van der Waals surface area contributed by atoms with Crippen molar-refractivity contribution in [1.29, 1.82) is 0 Å². The van der Waals surface area contributed by atoms with Crippen molar-refractivity contribution in [2.45, 2.75) is 6.54 Å². The van der Waals surface area contributed by atoms with Crippen LogP contribution in [0, 0.1) is 5.82 Å². The number of rotatable bonds is 3. The molecule has 6 heteroatoms. The van der Waals surface area contributed by atoms with Crippen molar-refractivity contribution < 1.29 is 4.39 Å². The van der Waals surface area contributed by atoms with E-state index in [1.807, 2.05) is 30.1 Å². The second-order valence-corrected chi connectivity index (χ2v) is 5.15. The van der Waals surface area contributed by atoms with E-state index in [0.717, 1.165) is 22.2 Å². The minimum absolute atomic E-state index is 0.168. The summed E-state index contributed by atoms with van der Waals surface area (Å²) >= 11 is 0. The number of fused-ring (bicyclic) bond motifs is 1. The van der Waals surface area contributed by atoms with Crippen molar-refractivity contribution in [2.75, 3.05) is 23.4 Å². The summed E-state index contributed by atoms with van der Waals surface area (Å²) in [5.41, 5.74) is 14.2. The first kappa shape index (κ1) is 14.1. The van der Waals surface area contributed by atoms with Gasteiger partial charge in [-0.1, -0.05) is 6.07 Å². The van der Waals surface area contributed by atoms with Gasteiger partial charge in [0.2, 0.25) is 5.95 Å². The van der Waals surface area contributed by atoms with Gasteiger partial charge >= 0.3 is 0 Å². The largest absolute Gasteiger partial charge is 0.383 e. The lowest BCUT2D eigenvalue weighted by atomic mass is 10.1. The van der Waals surface area contributed by atoms with Crippen molar-refractivity contribution in [2.24, 2.45) is 0 Å². The Bertz CT molecular complexity index is 817. The first-order chi connectivity index (χ1) is 10.5. The van der Waals surface area contributed by atoms with Crippen LogP contribution in [0.4, 0.5) is 21.8 Å². The summed E-state index contributed by atoms with van der Waals surface area (Å²) in [6.45, 7) is 0.658. The summed E-state index contributed by atoms with van der Waals surface area (Å²) in [6, 6.07) is 12.2. The van der Waals surface area contributed by atoms with Crippen LogP contribution in [0.25, 0.3) is 10.9 Å². The van der Waals surface area contributed by atoms with Gasteiger partial charge in [0, 0.05) is 24.7 Å². The minimum atomic E-state index is -0.245. The molecule has 0 radical (unpaired) electrons. The number of nitrogens with zero attached hydrogens (tertiary/aromatic N) is 3. The van der Waals surface area contributed by atoms with Crippen LogP contribution in [0.1, 0.15) is 5.56 Å². The third-order valence-electron chi connectivity index (χ3n) is 3.49. The molecule has 0 fully saturated rings. The maximum absolute atomic E-state index is 13.0. The highest BCUT2D eigenvalue weighted by atomic mass is 19.1. The highest BCUT2D eigenvalue weighted by molar-refractivity contribution is 5.89. The summed E-state index contributed by atoms with van der Waals surface area (Å²) in [6.07, 6.45) is 0. The number of halogens is 1. The molecule has 2 aromatic carbocycles. The van der Waals surface area contributed by atoms with Gasteiger partial charge in [-0.3, -0.25) is 0 Å². The lowest BCUT2D eigenvalue weighted by molar-refractivity contribution is 0.627. The van der Waals surface area contributed by atoms with Gasteiger partial charge in [-0.15, -0.1) is 0 Å². The molecule has 0 aliphatic rings. The molecule has 0 saturated heterocycles. The predicted octanol–water partition coefficient (Wildman–Crippen LogP) is 2.57. The minimum Gasteiger partial charge on any atom is -0.383 e. The normalized spacial score (nSPS) is 10.8. The van der Waals surface area contributed by atoms with E-state index in [0.29, 0.717) is 12.4 Å². The molecule has 1 aromatic heterocycles. The van der Waals surface area contributed by atoms with Crippen LogP contribution >= 0.6 is 0 Å². The summed E-state index contributed by atoms with van der Waals surface area (Å²) in [5.74, 6) is 0.292. The van der Waals surface area contributed by atoms with E-state index in [4.69, 9.17) is 11.5 Å². The molecule has 0 aliphatic carbocycles. The van der Waals surface area contributed by atoms with Crippen molar-refractivity contribution in [3.63, 3.8) is 0 Å². The van der Waals surface area contributed by atoms with E-state index in [1.165, 1.54) is 12.1 Å². The molecule has 4 N–H and O–H groups in total. The number of hydrogen-bond donors (Lipinski definition) is 2. The Morgan fingerprint density at radius 1 is 1.05 bits per heavy atom. The lowest BCUT2D eigenvalue weighted by Crippen LogP contribution is -2.16. The van der Waals surface area contributed by atoms with Crippen molar-refractivity contribution in [3.05, 3.63) is 53.8 Å². The molecule has 5 nitrogen and oxygen atoms in total. The number of aromatic nitrogens is 2. The standard InChI is InChI=1S/C16H16FN5/c1-22(12-5-3-11(17)4-6-12)9-10-2-7-14-13(8-10)15(18)21-16(19)20-14/h2-8H,9H2,1H3,(H4,18,19,20,21). The first-order valence-corrected chi connectivity index (χ1v) is 6.81. The van der Waals surface area contributed by atoms with E-state index in [2.05, 4.69) is 9.97 Å². The Hall–Kier alpha value is -2.89. The molecule has 0 saturated carbocycles. The maximum atomic E-state index is 13.0. The van der Waals surface area contributed by atoms with E-state index in [9.17, 15) is 4.39 Å². The topological polar surface area (TPSA) is 81.1 Å². The van der Waals surface area contributed by atoms with Gasteiger partial charge in [-0.05, 0) is 42.0 Å². The molecule has 3 aromatic rings. The van der Waals surface area contributed by atoms with Crippen LogP contribution in [0.2, 0.25) is 0 Å². The fraction of sp³-hybridized carbons (Fsp3) is 0.125. The van der Waals surface area contributed by atoms with E-state index in [1.54, 1.807) is 12.1 Å². The summed E-state index contributed by atoms with van der Waals surface area (Å²) in [4.78, 5) is 10.2. The summed E-state index contributed by atoms with van der Waals surface area (Å²) in [5, 5.41) is 0.777. The second-order valence-electron chi connectivity index (χ2n) is 5.15. The third-order valence-corrected chi connectivity index (χ3v) is 3.49. The van der Waals surface area contributed by atoms with Gasteiger partial charge in [0.05, 0.1) is 5.52 Å². The van der Waals surface area contributed by atoms with E-state index >= 15 is 0 Å². The lowest BCUT2D eigenvalue weighted by Gasteiger charge is -2.19. The quantitative estimate of drug-likeness (QED) is 0.776. The molecule has 22 heavy (non-hydrogen) atoms. The SMILES string of the molecule is CN(Cc1ccc2nc(N)nc(N)c2c1)c1ccc(F)cc1. The molecule has 112 valence electrons. The van der Waals surface area contributed by atoms with Crippen molar-refractivity contribution >= 4 is 28.4 Å². The highest BCUT2D eigenvalue weighted by Gasteiger charge is 2.07. The van der Waals surface area contributed by atoms with Gasteiger partial charge in [0.15, 0.2) is 0 Å². The van der Waals surface area contributed by atoms with Gasteiger partial charge in [-0.25, -0.2) is 9.37 Å². The maximum Gasteiger partial charge on any atom is 0.222 e. The van der Waals surface area contributed by atoms with Crippen LogP contribution in [-0.4, -0.2) is 17.0 Å². The van der Waals surface area contributed by atoms with Crippen LogP contribution in [-0.2, 0) is 6.54 Å². The molecule has 0 amide bonds. The van der Waals surface area contributed by atoms with Crippen LogP contribution in [0.3, 0.4) is 0 Å². The van der Waals surface area contributed by atoms with Crippen LogP contribution in [0.15, 0.2) is 42.5 Å². The number of anilines is 3. The Morgan fingerprint density at radius 2 is 1.77 bits per heavy atom. The number of benzene rings is 2. The molecule has 0 aliphatic heterocycles. The molecular formula is C16H16FN5. The van der Waals surface area contributed by atoms with Crippen LogP contribution in [0.5, 0.6) is 0 Å². The Morgan fingerprint density at radius 3 is 2.50 bits per heavy atom. The molecule has 3 rings (SSSR count). The van der Waals surface area contributed by atoms with Crippen molar-refractivity contribution in [3.8, 4) is 0 Å². The molecular weight excluding hydrogens is 281 g/mol. The number of hydrogen-bond acceptors (Lipinski definition) is 5. The zero-order chi connectivity index (χ0) is 15.7. The summed E-state index contributed by atoms with van der Waals surface area (Å²) < 4.78 is 13.0. The molecule has 0 bridgehead atoms. The van der Waals surface area contributed by atoms with Crippen molar-refractivity contribution in [1.82, 2.24) is 9.97 Å². The average Bonchev–Trinajstić information content (AvgIpc) is 2.48. The first-order valence-electron chi connectivity index (χ1n) is 6.81. The average molecular weight is 297 g/mol. The van der Waals surface area contributed by atoms with Gasteiger partial charge < -0.3 is 16.4 Å². The second kappa shape index (κ2) is 5.48. The fourth-order valence-corrected chi connectivity index (χ4v) is 2.38. The Balaban J connectivity index is 1.89. The van der Waals surface area contributed by atoms with Crippen LogP contribution < -0.4 is 16.4 Å². The fourth-order valence-electron chi connectivity index (χ4n) is 2.38. The Labute approximate surface area is 127 Å². The molecule has 0 atom stereocenters. The smallest absolute Gasteiger partial charge is 0.222 e. The zero-order valence-corrected chi connectivity index (χ0v) is 12.1. The van der Waals surface area contributed by atoms with Gasteiger partial charge in [0.1, 0.15) is 11.6 Å². The van der Waals surface area contributed by atoms with Gasteiger partial charge in [0.25, 0.3) is 0 Å². The van der Waals surface area contributed by atoms with E-state index in [-0.39, 0.29) is 11.8 Å². The molecule has 1 heterocycles. The van der Waals surface area contributed by atoms with Gasteiger partial charge in [-0.2, -0.15) is 4.98 Å². The Kier molecular flexibility index (Phi) is 3.50. The predicted molar refractivity (Wildman–Crippen MR) is 86.9 cm³/mol.